The maximum absolute atomic E-state index is 12.2. The summed E-state index contributed by atoms with van der Waals surface area (Å²) in [6.07, 6.45) is 5.32. The van der Waals surface area contributed by atoms with Crippen LogP contribution in [0.15, 0.2) is 12.1 Å². The van der Waals surface area contributed by atoms with Crippen LogP contribution >= 0.6 is 0 Å². The number of rotatable bonds is 4. The molecule has 2 aliphatic heterocycles. The van der Waals surface area contributed by atoms with Crippen molar-refractivity contribution < 1.29 is 19.7 Å². The normalized spacial score (nSPS) is 42.6. The molecule has 1 aromatic carbocycles. The molecule has 0 radical (unpaired) electrons. The molecule has 34 heavy (non-hydrogen) atoms. The van der Waals surface area contributed by atoms with Gasteiger partial charge in [-0.15, -0.1) is 0 Å². The molecule has 188 valence electrons. The van der Waals surface area contributed by atoms with Crippen molar-refractivity contribution in [2.24, 2.45) is 22.7 Å². The van der Waals surface area contributed by atoms with Crippen LogP contribution in [-0.4, -0.2) is 58.7 Å². The first kappa shape index (κ1) is 23.1. The first-order chi connectivity index (χ1) is 15.8. The Labute approximate surface area is 204 Å². The standard InChI is InChI=1S/C29H43NO4/c1-25(2,3)28(6,32)20-15-26(4)21-14-18-10-11-19(31)23-22(18)29(26,24(34-23)27(20,5)33-7)12-13-30(21)16-17-8-9-17/h10-11,17,20-21,24,31-32H,8-9,12-16H2,1-7H3/t20-,21+,24-,26+,27?,28?,29-/m0/s1. The van der Waals surface area contributed by atoms with Crippen LogP contribution in [0.4, 0.5) is 0 Å². The van der Waals surface area contributed by atoms with E-state index in [1.54, 1.807) is 7.11 Å². The average molecular weight is 470 g/mol. The van der Waals surface area contributed by atoms with Crippen molar-refractivity contribution >= 4 is 0 Å². The van der Waals surface area contributed by atoms with Gasteiger partial charge in [0.1, 0.15) is 11.7 Å². The quantitative estimate of drug-likeness (QED) is 0.672. The summed E-state index contributed by atoms with van der Waals surface area (Å²) in [6.45, 7) is 15.3. The number of phenols is 1. The van der Waals surface area contributed by atoms with E-state index in [1.165, 1.54) is 30.5 Å². The first-order valence-corrected chi connectivity index (χ1v) is 13.3. The summed E-state index contributed by atoms with van der Waals surface area (Å²) in [5.74, 6) is 1.63. The number of likely N-dealkylation sites (tertiary alicyclic amines) is 1. The molecule has 2 unspecified atom stereocenters. The van der Waals surface area contributed by atoms with E-state index in [9.17, 15) is 10.2 Å². The lowest BCUT2D eigenvalue weighted by molar-refractivity contribution is -0.270. The van der Waals surface area contributed by atoms with Crippen LogP contribution in [0.3, 0.4) is 0 Å². The lowest BCUT2D eigenvalue weighted by Crippen LogP contribution is -2.79. The fraction of sp³-hybridized carbons (Fsp3) is 0.793. The molecule has 7 atom stereocenters. The smallest absolute Gasteiger partial charge is 0.165 e. The predicted molar refractivity (Wildman–Crippen MR) is 132 cm³/mol. The molecule has 3 fully saturated rings. The fourth-order valence-corrected chi connectivity index (χ4v) is 8.72. The highest BCUT2D eigenvalue weighted by molar-refractivity contribution is 5.62. The zero-order chi connectivity index (χ0) is 24.5. The molecule has 5 nitrogen and oxygen atoms in total. The number of piperidine rings is 1. The Kier molecular flexibility index (Phi) is 4.57. The van der Waals surface area contributed by atoms with Crippen molar-refractivity contribution in [3.8, 4) is 11.5 Å². The van der Waals surface area contributed by atoms with Crippen LogP contribution in [-0.2, 0) is 16.6 Å². The molecular weight excluding hydrogens is 426 g/mol. The number of methoxy groups -OCH3 is 1. The molecule has 2 bridgehead atoms. The van der Waals surface area contributed by atoms with Gasteiger partial charge in [0.25, 0.3) is 0 Å². The van der Waals surface area contributed by atoms with Gasteiger partial charge in [-0.1, -0.05) is 33.8 Å². The number of hydrogen-bond donors (Lipinski definition) is 2. The Morgan fingerprint density at radius 3 is 2.50 bits per heavy atom. The molecule has 1 aromatic rings. The lowest BCUT2D eigenvalue weighted by Gasteiger charge is -2.70. The largest absolute Gasteiger partial charge is 0.504 e. The Bertz CT molecular complexity index is 1030. The summed E-state index contributed by atoms with van der Waals surface area (Å²) in [5, 5.41) is 23.1. The second kappa shape index (κ2) is 6.72. The average Bonchev–Trinajstić information content (AvgIpc) is 3.49. The molecule has 2 heterocycles. The van der Waals surface area contributed by atoms with Crippen molar-refractivity contribution in [3.63, 3.8) is 0 Å². The van der Waals surface area contributed by atoms with Crippen molar-refractivity contribution in [2.75, 3.05) is 20.2 Å². The Morgan fingerprint density at radius 2 is 1.88 bits per heavy atom. The van der Waals surface area contributed by atoms with Gasteiger partial charge in [0.2, 0.25) is 0 Å². The van der Waals surface area contributed by atoms with Gasteiger partial charge in [-0.3, -0.25) is 4.90 Å². The van der Waals surface area contributed by atoms with Gasteiger partial charge in [-0.2, -0.15) is 0 Å². The van der Waals surface area contributed by atoms with Gasteiger partial charge in [0, 0.05) is 36.6 Å². The molecular formula is C29H43NO4. The molecule has 1 spiro atoms. The highest BCUT2D eigenvalue weighted by Gasteiger charge is 2.77. The van der Waals surface area contributed by atoms with Crippen molar-refractivity contribution in [2.45, 2.75) is 102 Å². The van der Waals surface area contributed by atoms with E-state index in [0.29, 0.717) is 11.8 Å². The van der Waals surface area contributed by atoms with E-state index < -0.39 is 11.2 Å². The minimum atomic E-state index is -0.960. The summed E-state index contributed by atoms with van der Waals surface area (Å²) < 4.78 is 13.3. The summed E-state index contributed by atoms with van der Waals surface area (Å²) in [5.41, 5.74) is 0.271. The van der Waals surface area contributed by atoms with E-state index >= 15 is 0 Å². The SMILES string of the molecule is COC1(C)[C@@H](C(C)(O)C(C)(C)C)C[C@]2(C)[C@H]3Cc4ccc(O)c5c4[C@@]2(CCN3CC2CC2)[C@H]1O5. The van der Waals surface area contributed by atoms with E-state index in [4.69, 9.17) is 9.47 Å². The monoisotopic (exact) mass is 469 g/mol. The van der Waals surface area contributed by atoms with E-state index in [2.05, 4.69) is 45.6 Å². The Hall–Kier alpha value is -1.30. The zero-order valence-corrected chi connectivity index (χ0v) is 22.1. The summed E-state index contributed by atoms with van der Waals surface area (Å²) in [7, 11) is 1.78. The number of nitrogens with zero attached hydrogens (tertiary/aromatic N) is 1. The third-order valence-electron chi connectivity index (χ3n) is 11.4. The first-order valence-electron chi connectivity index (χ1n) is 13.3. The highest BCUT2D eigenvalue weighted by atomic mass is 16.6. The molecule has 0 amide bonds. The zero-order valence-electron chi connectivity index (χ0n) is 22.1. The second-order valence-electron chi connectivity index (χ2n) is 13.8. The van der Waals surface area contributed by atoms with Gasteiger partial charge in [0.05, 0.1) is 5.60 Å². The summed E-state index contributed by atoms with van der Waals surface area (Å²) >= 11 is 0. The number of hydrogen-bond acceptors (Lipinski definition) is 5. The number of ether oxygens (including phenoxy) is 2. The van der Waals surface area contributed by atoms with Crippen molar-refractivity contribution in [3.05, 3.63) is 23.3 Å². The maximum atomic E-state index is 12.2. The minimum Gasteiger partial charge on any atom is -0.504 e. The lowest BCUT2D eigenvalue weighted by atomic mass is 9.38. The van der Waals surface area contributed by atoms with Gasteiger partial charge in [0.15, 0.2) is 11.5 Å². The Balaban J connectivity index is 1.59. The molecule has 5 heteroatoms. The predicted octanol–water partition coefficient (Wildman–Crippen LogP) is 4.66. The third kappa shape index (κ3) is 2.57. The summed E-state index contributed by atoms with van der Waals surface area (Å²) in [6, 6.07) is 4.35. The molecule has 2 saturated carbocycles. The van der Waals surface area contributed by atoms with Gasteiger partial charge in [-0.25, -0.2) is 0 Å². The van der Waals surface area contributed by atoms with E-state index in [0.717, 1.165) is 31.7 Å². The minimum absolute atomic E-state index is 0.0885. The summed E-state index contributed by atoms with van der Waals surface area (Å²) in [4.78, 5) is 2.77. The molecule has 5 aliphatic rings. The molecule has 1 saturated heterocycles. The number of phenolic OH excluding ortho intramolecular Hbond substituents is 1. The topological polar surface area (TPSA) is 62.2 Å². The van der Waals surface area contributed by atoms with Crippen LogP contribution in [0.5, 0.6) is 11.5 Å². The van der Waals surface area contributed by atoms with Crippen molar-refractivity contribution in [1.29, 1.82) is 0 Å². The second-order valence-corrected chi connectivity index (χ2v) is 13.8. The number of benzene rings is 1. The van der Waals surface area contributed by atoms with E-state index in [1.807, 2.05) is 13.0 Å². The van der Waals surface area contributed by atoms with Crippen LogP contribution in [0.2, 0.25) is 0 Å². The highest BCUT2D eigenvalue weighted by Crippen LogP contribution is 2.73. The van der Waals surface area contributed by atoms with Crippen LogP contribution in [0.25, 0.3) is 0 Å². The Morgan fingerprint density at radius 1 is 1.18 bits per heavy atom. The van der Waals surface area contributed by atoms with Gasteiger partial charge in [-0.05, 0) is 80.9 Å². The van der Waals surface area contributed by atoms with Gasteiger partial charge >= 0.3 is 0 Å². The number of aromatic hydroxyl groups is 1. The molecule has 0 aromatic heterocycles. The van der Waals surface area contributed by atoms with E-state index in [-0.39, 0.29) is 34.0 Å². The van der Waals surface area contributed by atoms with Crippen LogP contribution < -0.4 is 4.74 Å². The third-order valence-corrected chi connectivity index (χ3v) is 11.4. The molecule has 6 rings (SSSR count). The molecule has 2 N–H and O–H groups in total. The van der Waals surface area contributed by atoms with Gasteiger partial charge < -0.3 is 19.7 Å². The fourth-order valence-electron chi connectivity index (χ4n) is 8.72. The van der Waals surface area contributed by atoms with Crippen molar-refractivity contribution in [1.82, 2.24) is 4.90 Å². The maximum Gasteiger partial charge on any atom is 0.165 e. The van der Waals surface area contributed by atoms with Crippen LogP contribution in [0, 0.1) is 22.7 Å². The molecule has 3 aliphatic carbocycles. The number of aliphatic hydroxyl groups is 1. The van der Waals surface area contributed by atoms with Crippen LogP contribution in [0.1, 0.15) is 78.4 Å².